The predicted molar refractivity (Wildman–Crippen MR) is 63.2 cm³/mol. The number of benzene rings is 1. The van der Waals surface area contributed by atoms with Gasteiger partial charge in [0.1, 0.15) is 0 Å². The number of nitrogens with two attached hydrogens (primary N) is 1. The molecule has 1 heterocycles. The average molecular weight is 235 g/mol. The number of hydrogen-bond acceptors (Lipinski definition) is 3. The largest absolute Gasteiger partial charge is 0.494 e. The van der Waals surface area contributed by atoms with Gasteiger partial charge >= 0.3 is 0 Å². The Labute approximate surface area is 98.8 Å². The van der Waals surface area contributed by atoms with Crippen LogP contribution in [-0.4, -0.2) is 23.2 Å². The summed E-state index contributed by atoms with van der Waals surface area (Å²) in [5.41, 5.74) is 7.10. The number of hydrogen-bond donors (Lipinski definition) is 1. The fourth-order valence-electron chi connectivity index (χ4n) is 1.70. The van der Waals surface area contributed by atoms with Gasteiger partial charge in [-0.05, 0) is 18.2 Å². The topological polar surface area (TPSA) is 53.1 Å². The highest BCUT2D eigenvalue weighted by Crippen LogP contribution is 2.25. The van der Waals surface area contributed by atoms with Gasteiger partial charge in [0.05, 0.1) is 25.3 Å². The predicted octanol–water partition coefficient (Wildman–Crippen LogP) is 1.66. The minimum Gasteiger partial charge on any atom is -0.494 e. The average Bonchev–Trinajstić information content (AvgIpc) is 2.78. The van der Waals surface area contributed by atoms with Crippen molar-refractivity contribution in [3.63, 3.8) is 0 Å². The third-order valence-corrected chi connectivity index (χ3v) is 2.53. The van der Waals surface area contributed by atoms with Crippen molar-refractivity contribution in [1.82, 2.24) is 9.55 Å². The molecule has 0 saturated heterocycles. The summed E-state index contributed by atoms with van der Waals surface area (Å²) in [6.07, 6.45) is 3.38. The van der Waals surface area contributed by atoms with E-state index in [1.165, 1.54) is 13.2 Å². The van der Waals surface area contributed by atoms with Gasteiger partial charge in [0.25, 0.3) is 0 Å². The molecule has 5 heteroatoms. The van der Waals surface area contributed by atoms with Gasteiger partial charge in [-0.25, -0.2) is 9.37 Å². The molecule has 0 spiro atoms. The maximum Gasteiger partial charge on any atom is 0.165 e. The normalized spacial score (nSPS) is 10.5. The van der Waals surface area contributed by atoms with Crippen molar-refractivity contribution in [3.8, 4) is 17.0 Å². The van der Waals surface area contributed by atoms with Gasteiger partial charge in [-0.15, -0.1) is 0 Å². The van der Waals surface area contributed by atoms with Crippen molar-refractivity contribution in [1.29, 1.82) is 0 Å². The summed E-state index contributed by atoms with van der Waals surface area (Å²) >= 11 is 0. The molecule has 0 radical (unpaired) electrons. The van der Waals surface area contributed by atoms with E-state index in [-0.39, 0.29) is 11.6 Å². The second-order valence-electron chi connectivity index (χ2n) is 3.61. The van der Waals surface area contributed by atoms with Crippen molar-refractivity contribution in [3.05, 3.63) is 36.5 Å². The lowest BCUT2D eigenvalue weighted by atomic mass is 10.1. The van der Waals surface area contributed by atoms with E-state index in [4.69, 9.17) is 10.5 Å². The summed E-state index contributed by atoms with van der Waals surface area (Å²) in [6.45, 7) is 1.17. The fourth-order valence-corrected chi connectivity index (χ4v) is 1.70. The van der Waals surface area contributed by atoms with Crippen LogP contribution in [0.2, 0.25) is 0 Å². The molecule has 4 nitrogen and oxygen atoms in total. The first-order valence-corrected chi connectivity index (χ1v) is 5.30. The number of rotatable bonds is 4. The van der Waals surface area contributed by atoms with Crippen molar-refractivity contribution in [2.45, 2.75) is 6.54 Å². The van der Waals surface area contributed by atoms with Gasteiger partial charge in [0.2, 0.25) is 0 Å². The van der Waals surface area contributed by atoms with Crippen molar-refractivity contribution in [2.24, 2.45) is 5.73 Å². The SMILES string of the molecule is COc1ccc(-c2cncn2CCN)cc1F. The van der Waals surface area contributed by atoms with Gasteiger partial charge in [-0.3, -0.25) is 0 Å². The van der Waals surface area contributed by atoms with Crippen LogP contribution in [0.25, 0.3) is 11.3 Å². The molecule has 0 fully saturated rings. The lowest BCUT2D eigenvalue weighted by Crippen LogP contribution is -2.09. The number of halogens is 1. The number of imidazole rings is 1. The van der Waals surface area contributed by atoms with Gasteiger partial charge in [-0.1, -0.05) is 0 Å². The molecule has 1 aromatic heterocycles. The Bertz CT molecular complexity index is 510. The molecule has 1 aromatic carbocycles. The molecule has 0 unspecified atom stereocenters. The summed E-state index contributed by atoms with van der Waals surface area (Å²) < 4.78 is 20.3. The monoisotopic (exact) mass is 235 g/mol. The Morgan fingerprint density at radius 3 is 2.94 bits per heavy atom. The van der Waals surface area contributed by atoms with Crippen LogP contribution in [0.4, 0.5) is 4.39 Å². The molecule has 0 saturated carbocycles. The quantitative estimate of drug-likeness (QED) is 0.876. The summed E-state index contributed by atoms with van der Waals surface area (Å²) in [6, 6.07) is 4.83. The summed E-state index contributed by atoms with van der Waals surface area (Å²) in [7, 11) is 1.44. The molecule has 0 amide bonds. The minimum atomic E-state index is -0.384. The van der Waals surface area contributed by atoms with E-state index >= 15 is 0 Å². The van der Waals surface area contributed by atoms with E-state index in [9.17, 15) is 4.39 Å². The molecule has 2 N–H and O–H groups in total. The molecule has 90 valence electrons. The fraction of sp³-hybridized carbons (Fsp3) is 0.250. The van der Waals surface area contributed by atoms with E-state index in [1.54, 1.807) is 24.7 Å². The highest BCUT2D eigenvalue weighted by Gasteiger charge is 2.08. The molecule has 0 aliphatic rings. The van der Waals surface area contributed by atoms with Crippen molar-refractivity contribution in [2.75, 3.05) is 13.7 Å². The van der Waals surface area contributed by atoms with Crippen LogP contribution in [-0.2, 0) is 6.54 Å². The molecular formula is C12H14FN3O. The van der Waals surface area contributed by atoms with Crippen molar-refractivity contribution < 1.29 is 9.13 Å². The van der Waals surface area contributed by atoms with E-state index < -0.39 is 0 Å². The molecule has 0 bridgehead atoms. The van der Waals surface area contributed by atoms with Gasteiger partial charge in [0, 0.05) is 18.7 Å². The highest BCUT2D eigenvalue weighted by molar-refractivity contribution is 5.60. The Hall–Kier alpha value is -1.88. The molecule has 2 rings (SSSR count). The lowest BCUT2D eigenvalue weighted by Gasteiger charge is -2.08. The Morgan fingerprint density at radius 1 is 1.47 bits per heavy atom. The zero-order valence-electron chi connectivity index (χ0n) is 9.56. The number of ether oxygens (including phenoxy) is 1. The first-order valence-electron chi connectivity index (χ1n) is 5.30. The smallest absolute Gasteiger partial charge is 0.165 e. The second kappa shape index (κ2) is 4.97. The van der Waals surface area contributed by atoms with Gasteiger partial charge in [0.15, 0.2) is 11.6 Å². The van der Waals surface area contributed by atoms with Crippen LogP contribution < -0.4 is 10.5 Å². The minimum absolute atomic E-state index is 0.235. The number of methoxy groups -OCH3 is 1. The van der Waals surface area contributed by atoms with Crippen LogP contribution in [0.3, 0.4) is 0 Å². The van der Waals surface area contributed by atoms with Gasteiger partial charge < -0.3 is 15.0 Å². The standard InChI is InChI=1S/C12H14FN3O/c1-17-12-3-2-9(6-10(12)13)11-7-15-8-16(11)5-4-14/h2-3,6-8H,4-5,14H2,1H3. The van der Waals surface area contributed by atoms with E-state index in [0.717, 1.165) is 11.3 Å². The molecule has 0 aliphatic carbocycles. The summed E-state index contributed by atoms with van der Waals surface area (Å²) in [5.74, 6) is -0.149. The Kier molecular flexibility index (Phi) is 3.39. The summed E-state index contributed by atoms with van der Waals surface area (Å²) in [4.78, 5) is 4.04. The maximum absolute atomic E-state index is 13.6. The lowest BCUT2D eigenvalue weighted by molar-refractivity contribution is 0.386. The zero-order chi connectivity index (χ0) is 12.3. The Balaban J connectivity index is 2.39. The van der Waals surface area contributed by atoms with Crippen LogP contribution in [0, 0.1) is 5.82 Å². The van der Waals surface area contributed by atoms with Crippen molar-refractivity contribution >= 4 is 0 Å². The van der Waals surface area contributed by atoms with E-state index in [1.807, 2.05) is 4.57 Å². The third kappa shape index (κ3) is 2.29. The molecular weight excluding hydrogens is 221 g/mol. The number of nitrogens with zero attached hydrogens (tertiary/aromatic N) is 2. The van der Waals surface area contributed by atoms with Gasteiger partial charge in [-0.2, -0.15) is 0 Å². The summed E-state index contributed by atoms with van der Waals surface area (Å²) in [5, 5.41) is 0. The van der Waals surface area contributed by atoms with Crippen LogP contribution in [0.15, 0.2) is 30.7 Å². The number of aromatic nitrogens is 2. The molecule has 2 aromatic rings. The van der Waals surface area contributed by atoms with Crippen LogP contribution in [0.1, 0.15) is 0 Å². The van der Waals surface area contributed by atoms with Crippen LogP contribution in [0.5, 0.6) is 5.75 Å². The second-order valence-corrected chi connectivity index (χ2v) is 3.61. The first kappa shape index (κ1) is 11.6. The third-order valence-electron chi connectivity index (χ3n) is 2.53. The van der Waals surface area contributed by atoms with E-state index in [0.29, 0.717) is 13.1 Å². The maximum atomic E-state index is 13.6. The Morgan fingerprint density at radius 2 is 2.29 bits per heavy atom. The molecule has 0 aliphatic heterocycles. The molecule has 0 atom stereocenters. The first-order chi connectivity index (χ1) is 8.26. The molecule has 17 heavy (non-hydrogen) atoms. The zero-order valence-corrected chi connectivity index (χ0v) is 9.56. The highest BCUT2D eigenvalue weighted by atomic mass is 19.1. The van der Waals surface area contributed by atoms with E-state index in [2.05, 4.69) is 4.98 Å². The van der Waals surface area contributed by atoms with Crippen LogP contribution >= 0.6 is 0 Å².